The number of anilines is 1. The Hall–Kier alpha value is -2.73. The van der Waals surface area contributed by atoms with E-state index in [1.54, 1.807) is 6.92 Å². The molecule has 2 N–H and O–H groups in total. The first kappa shape index (κ1) is 27.5. The summed E-state index contributed by atoms with van der Waals surface area (Å²) < 4.78 is 83.1. The van der Waals surface area contributed by atoms with E-state index >= 15 is 0 Å². The van der Waals surface area contributed by atoms with Gasteiger partial charge in [-0.2, -0.15) is 26.3 Å². The maximum Gasteiger partial charge on any atom is 0.405 e. The Morgan fingerprint density at radius 1 is 1.15 bits per heavy atom. The van der Waals surface area contributed by atoms with E-state index in [9.17, 15) is 35.9 Å². The van der Waals surface area contributed by atoms with Gasteiger partial charge in [-0.25, -0.2) is 4.98 Å². The third-order valence-electron chi connectivity index (χ3n) is 4.91. The molecule has 1 atom stereocenters. The molecule has 1 fully saturated rings. The number of hydrogen-bond acceptors (Lipinski definition) is 5. The Morgan fingerprint density at radius 2 is 1.76 bits per heavy atom. The number of carbonyl (C=O) groups excluding carboxylic acids is 2. The van der Waals surface area contributed by atoms with Crippen molar-refractivity contribution in [3.05, 3.63) is 18.0 Å². The lowest BCUT2D eigenvalue weighted by Gasteiger charge is -2.27. The van der Waals surface area contributed by atoms with Gasteiger partial charge in [-0.3, -0.25) is 9.59 Å². The minimum Gasteiger partial charge on any atom is -0.491 e. The van der Waals surface area contributed by atoms with Gasteiger partial charge >= 0.3 is 12.4 Å². The summed E-state index contributed by atoms with van der Waals surface area (Å²) in [6.07, 6.45) is -6.40. The minimum atomic E-state index is -4.91. The van der Waals surface area contributed by atoms with E-state index in [4.69, 9.17) is 4.74 Å². The van der Waals surface area contributed by atoms with Crippen LogP contribution in [0.3, 0.4) is 0 Å². The number of aromatic nitrogens is 1. The summed E-state index contributed by atoms with van der Waals surface area (Å²) in [6, 6.07) is 0.0450. The number of rotatable bonds is 12. The largest absolute Gasteiger partial charge is 0.491 e. The molecule has 2 amide bonds. The van der Waals surface area contributed by atoms with Gasteiger partial charge in [-0.1, -0.05) is 13.8 Å². The Morgan fingerprint density at radius 3 is 2.26 bits per heavy atom. The van der Waals surface area contributed by atoms with Crippen LogP contribution < -0.4 is 20.3 Å². The molecule has 7 nitrogen and oxygen atoms in total. The van der Waals surface area contributed by atoms with Crippen LogP contribution in [-0.2, 0) is 4.79 Å². The van der Waals surface area contributed by atoms with E-state index in [2.05, 4.69) is 15.6 Å². The molecule has 0 radical (unpaired) electrons. The second-order valence-corrected chi connectivity index (χ2v) is 8.11. The Labute approximate surface area is 193 Å². The topological polar surface area (TPSA) is 83.6 Å². The summed E-state index contributed by atoms with van der Waals surface area (Å²) in [4.78, 5) is 28.9. The first-order valence-electron chi connectivity index (χ1n) is 10.9. The van der Waals surface area contributed by atoms with E-state index < -0.39 is 49.0 Å². The van der Waals surface area contributed by atoms with Crippen LogP contribution in [0, 0.1) is 5.92 Å². The summed E-state index contributed by atoms with van der Waals surface area (Å²) in [7, 11) is 0. The van der Waals surface area contributed by atoms with Gasteiger partial charge in [-0.05, 0) is 31.6 Å². The molecule has 0 bridgehead atoms. The predicted molar refractivity (Wildman–Crippen MR) is 112 cm³/mol. The molecule has 0 aliphatic heterocycles. The van der Waals surface area contributed by atoms with Crippen molar-refractivity contribution in [3.63, 3.8) is 0 Å². The average Bonchev–Trinajstić information content (AvgIpc) is 3.56. The van der Waals surface area contributed by atoms with Gasteiger partial charge in [0.05, 0.1) is 18.5 Å². The van der Waals surface area contributed by atoms with Gasteiger partial charge in [0.15, 0.2) is 11.4 Å². The number of alkyl halides is 6. The highest BCUT2D eigenvalue weighted by Crippen LogP contribution is 2.33. The number of nitrogens with one attached hydrogen (secondary N) is 2. The predicted octanol–water partition coefficient (Wildman–Crippen LogP) is 3.84. The number of amides is 2. The molecule has 1 aliphatic carbocycles. The van der Waals surface area contributed by atoms with E-state index in [0.717, 1.165) is 25.1 Å². The minimum absolute atomic E-state index is 0.0751. The Balaban J connectivity index is 2.32. The van der Waals surface area contributed by atoms with Gasteiger partial charge in [0, 0.05) is 12.6 Å². The number of halogens is 6. The number of nitrogens with zero attached hydrogens (tertiary/aromatic N) is 2. The van der Waals surface area contributed by atoms with Gasteiger partial charge in [0.1, 0.15) is 19.1 Å². The highest BCUT2D eigenvalue weighted by molar-refractivity contribution is 5.98. The molecule has 13 heteroatoms. The number of hydrogen-bond donors (Lipinski definition) is 2. The molecular weight excluding hydrogens is 470 g/mol. The summed E-state index contributed by atoms with van der Waals surface area (Å²) >= 11 is 0. The number of pyridine rings is 1. The molecule has 2 rings (SSSR count). The van der Waals surface area contributed by atoms with Crippen LogP contribution in [0.5, 0.6) is 5.75 Å². The van der Waals surface area contributed by atoms with Crippen molar-refractivity contribution in [2.75, 3.05) is 31.1 Å². The lowest BCUT2D eigenvalue weighted by atomic mass is 10.2. The molecular formula is C21H28F6N4O3. The van der Waals surface area contributed by atoms with E-state index in [1.807, 2.05) is 6.92 Å². The zero-order valence-electron chi connectivity index (χ0n) is 18.9. The Bertz CT molecular complexity index is 827. The van der Waals surface area contributed by atoms with Crippen molar-refractivity contribution in [2.24, 2.45) is 5.92 Å². The summed E-state index contributed by atoms with van der Waals surface area (Å²) in [5.41, 5.74) is -0.824. The lowest BCUT2D eigenvalue weighted by Crippen LogP contribution is -2.46. The second kappa shape index (κ2) is 11.6. The first-order valence-corrected chi connectivity index (χ1v) is 10.9. The van der Waals surface area contributed by atoms with Crippen molar-refractivity contribution in [3.8, 4) is 5.75 Å². The van der Waals surface area contributed by atoms with E-state index in [0.29, 0.717) is 13.0 Å². The van der Waals surface area contributed by atoms with Crippen LogP contribution in [-0.4, -0.2) is 61.4 Å². The highest BCUT2D eigenvalue weighted by atomic mass is 19.4. The van der Waals surface area contributed by atoms with Crippen molar-refractivity contribution < 1.29 is 40.7 Å². The lowest BCUT2D eigenvalue weighted by molar-refractivity contribution is -0.137. The quantitative estimate of drug-likeness (QED) is 0.428. The smallest absolute Gasteiger partial charge is 0.405 e. The summed E-state index contributed by atoms with van der Waals surface area (Å²) in [5, 5.41) is 5.14. The first-order chi connectivity index (χ1) is 15.8. The van der Waals surface area contributed by atoms with Crippen LogP contribution in [0.25, 0.3) is 0 Å². The fraction of sp³-hybridized carbons (Fsp3) is 0.667. The maximum atomic E-state index is 12.9. The van der Waals surface area contributed by atoms with Crippen LogP contribution >= 0.6 is 0 Å². The van der Waals surface area contributed by atoms with Gasteiger partial charge < -0.3 is 20.3 Å². The van der Waals surface area contributed by atoms with Gasteiger partial charge in [-0.15, -0.1) is 0 Å². The average molecular weight is 498 g/mol. The van der Waals surface area contributed by atoms with E-state index in [1.165, 1.54) is 0 Å². The third kappa shape index (κ3) is 9.26. The molecule has 1 aromatic heterocycles. The van der Waals surface area contributed by atoms with Crippen molar-refractivity contribution >= 4 is 17.5 Å². The highest BCUT2D eigenvalue weighted by Gasteiger charge is 2.38. The molecule has 1 aromatic rings. The molecule has 1 unspecified atom stereocenters. The monoisotopic (exact) mass is 498 g/mol. The number of ether oxygens (including phenoxy) is 1. The van der Waals surface area contributed by atoms with Crippen molar-refractivity contribution in [2.45, 2.75) is 57.9 Å². The van der Waals surface area contributed by atoms with Crippen LogP contribution in [0.2, 0.25) is 0 Å². The molecule has 0 aromatic carbocycles. The SMILES string of the molecule is CCCNC(=O)C(CC)NC(=O)c1ncc(N(CC(F)(F)F)CC(F)(F)F)cc1OCC1CC1. The second-order valence-electron chi connectivity index (χ2n) is 8.11. The zero-order valence-corrected chi connectivity index (χ0v) is 18.9. The zero-order chi connectivity index (χ0) is 25.5. The third-order valence-corrected chi connectivity index (χ3v) is 4.91. The molecule has 0 saturated heterocycles. The normalized spacial score (nSPS) is 14.9. The van der Waals surface area contributed by atoms with Crippen LogP contribution in [0.1, 0.15) is 50.0 Å². The summed E-state index contributed by atoms with van der Waals surface area (Å²) in [6.45, 7) is 0.341. The molecule has 1 saturated carbocycles. The fourth-order valence-corrected chi connectivity index (χ4v) is 3.00. The van der Waals surface area contributed by atoms with Crippen LogP contribution in [0.15, 0.2) is 12.3 Å². The van der Waals surface area contributed by atoms with Crippen molar-refractivity contribution in [1.82, 2.24) is 15.6 Å². The fourth-order valence-electron chi connectivity index (χ4n) is 3.00. The van der Waals surface area contributed by atoms with Crippen molar-refractivity contribution in [1.29, 1.82) is 0 Å². The van der Waals surface area contributed by atoms with Gasteiger partial charge in [0.25, 0.3) is 5.91 Å². The molecule has 1 heterocycles. The van der Waals surface area contributed by atoms with Crippen LogP contribution in [0.4, 0.5) is 32.0 Å². The van der Waals surface area contributed by atoms with E-state index in [-0.39, 0.29) is 35.3 Å². The molecule has 0 spiro atoms. The Kier molecular flexibility index (Phi) is 9.39. The number of carbonyl (C=O) groups is 2. The van der Waals surface area contributed by atoms with Gasteiger partial charge in [0.2, 0.25) is 5.91 Å². The standard InChI is InChI=1S/C21H28F6N4O3/c1-3-7-28-18(32)15(4-2)30-19(33)17-16(34-10-13-5-6-13)8-14(9-29-17)31(11-20(22,23)24)12-21(25,26)27/h8-9,13,15H,3-7,10-12H2,1-2H3,(H,28,32)(H,30,33). The molecule has 34 heavy (non-hydrogen) atoms. The summed E-state index contributed by atoms with van der Waals surface area (Å²) in [5.74, 6) is -1.31. The molecule has 192 valence electrons. The molecule has 1 aliphatic rings. The maximum absolute atomic E-state index is 12.9.